The first-order chi connectivity index (χ1) is 7.88. The van der Waals surface area contributed by atoms with Gasteiger partial charge in [0.2, 0.25) is 10.0 Å². The monoisotopic (exact) mass is 264 g/mol. The topological polar surface area (TPSA) is 72.6 Å². The second-order valence-corrected chi connectivity index (χ2v) is 6.59. The Hall–Kier alpha value is -0.170. The number of ether oxygens (including phenoxy) is 1. The molecule has 0 unspecified atom stereocenters. The van der Waals surface area contributed by atoms with E-state index in [0.717, 1.165) is 39.0 Å². The average Bonchev–Trinajstić information content (AvgIpc) is 2.57. The lowest BCUT2D eigenvalue weighted by atomic mass is 10.2. The van der Waals surface area contributed by atoms with E-state index in [1.54, 1.807) is 0 Å². The van der Waals surface area contributed by atoms with Crippen LogP contribution in [0.1, 0.15) is 33.1 Å². The van der Waals surface area contributed by atoms with E-state index in [4.69, 9.17) is 9.88 Å². The van der Waals surface area contributed by atoms with Crippen molar-refractivity contribution in [2.75, 3.05) is 25.4 Å². The first-order valence-electron chi connectivity index (χ1n) is 6.24. The number of sulfonamides is 1. The van der Waals surface area contributed by atoms with Crippen molar-refractivity contribution in [3.05, 3.63) is 0 Å². The number of hydrogen-bond acceptors (Lipinski definition) is 4. The number of rotatable bonds is 7. The summed E-state index contributed by atoms with van der Waals surface area (Å²) in [6.07, 6.45) is 3.19. The number of primary sulfonamides is 1. The van der Waals surface area contributed by atoms with Crippen LogP contribution < -0.4 is 5.14 Å². The molecule has 5 nitrogen and oxygen atoms in total. The van der Waals surface area contributed by atoms with Gasteiger partial charge in [0.15, 0.2) is 0 Å². The summed E-state index contributed by atoms with van der Waals surface area (Å²) in [7, 11) is -3.36. The molecule has 0 aliphatic carbocycles. The molecule has 1 heterocycles. The molecular weight excluding hydrogens is 240 g/mol. The van der Waals surface area contributed by atoms with Gasteiger partial charge < -0.3 is 4.74 Å². The molecule has 0 bridgehead atoms. The zero-order valence-corrected chi connectivity index (χ0v) is 11.6. The molecule has 0 aromatic carbocycles. The highest BCUT2D eigenvalue weighted by atomic mass is 32.2. The smallest absolute Gasteiger partial charge is 0.210 e. The second kappa shape index (κ2) is 6.68. The molecule has 1 aliphatic rings. The predicted octanol–water partition coefficient (Wildman–Crippen LogP) is 0.554. The summed E-state index contributed by atoms with van der Waals surface area (Å²) in [5.41, 5.74) is 0. The van der Waals surface area contributed by atoms with Gasteiger partial charge in [-0.3, -0.25) is 4.90 Å². The molecule has 0 aromatic rings. The molecule has 2 N–H and O–H groups in total. The molecule has 0 radical (unpaired) electrons. The molecule has 0 amide bonds. The Morgan fingerprint density at radius 1 is 1.47 bits per heavy atom. The minimum atomic E-state index is -3.36. The molecule has 1 atom stereocenters. The van der Waals surface area contributed by atoms with Gasteiger partial charge >= 0.3 is 0 Å². The fraction of sp³-hybridized carbons (Fsp3) is 1.00. The Morgan fingerprint density at radius 3 is 2.76 bits per heavy atom. The van der Waals surface area contributed by atoms with E-state index < -0.39 is 10.0 Å². The van der Waals surface area contributed by atoms with Crippen LogP contribution in [0.15, 0.2) is 0 Å². The molecule has 102 valence electrons. The molecule has 1 saturated heterocycles. The van der Waals surface area contributed by atoms with Crippen LogP contribution in [0.5, 0.6) is 0 Å². The average molecular weight is 264 g/mol. The normalized spacial score (nSPS) is 22.5. The van der Waals surface area contributed by atoms with Gasteiger partial charge in [-0.1, -0.05) is 0 Å². The number of nitrogens with zero attached hydrogens (tertiary/aromatic N) is 1. The second-order valence-electron chi connectivity index (χ2n) is 4.93. The quantitative estimate of drug-likeness (QED) is 0.682. The highest BCUT2D eigenvalue weighted by molar-refractivity contribution is 7.89. The van der Waals surface area contributed by atoms with Gasteiger partial charge in [0.05, 0.1) is 11.9 Å². The lowest BCUT2D eigenvalue weighted by Gasteiger charge is -2.23. The van der Waals surface area contributed by atoms with Crippen molar-refractivity contribution in [3.63, 3.8) is 0 Å². The van der Waals surface area contributed by atoms with Crippen molar-refractivity contribution >= 4 is 10.0 Å². The summed E-state index contributed by atoms with van der Waals surface area (Å²) in [6.45, 7) is 6.63. The summed E-state index contributed by atoms with van der Waals surface area (Å²) in [5.74, 6) is 0.0814. The maximum absolute atomic E-state index is 11.1. The Morgan fingerprint density at radius 2 is 2.18 bits per heavy atom. The Labute approximate surface area is 104 Å². The molecule has 1 fully saturated rings. The van der Waals surface area contributed by atoms with Gasteiger partial charge in [-0.25, -0.2) is 13.6 Å². The van der Waals surface area contributed by atoms with E-state index in [1.807, 2.05) is 13.8 Å². The Bertz CT molecular complexity index is 317. The highest BCUT2D eigenvalue weighted by Crippen LogP contribution is 2.18. The third-order valence-electron chi connectivity index (χ3n) is 2.96. The number of hydrogen-bond donors (Lipinski definition) is 1. The minimum Gasteiger partial charge on any atom is -0.379 e. The SMILES string of the molecule is CC(C)OCCCN1CCC[C@H]1CS(N)(=O)=O. The molecule has 0 spiro atoms. The van der Waals surface area contributed by atoms with Crippen LogP contribution in [0.2, 0.25) is 0 Å². The third kappa shape index (κ3) is 6.35. The molecule has 17 heavy (non-hydrogen) atoms. The van der Waals surface area contributed by atoms with Crippen molar-refractivity contribution in [1.82, 2.24) is 4.90 Å². The standard InChI is InChI=1S/C11H24N2O3S/c1-10(2)16-8-4-7-13-6-3-5-11(13)9-17(12,14)15/h10-11H,3-9H2,1-2H3,(H2,12,14,15)/t11-/m0/s1. The first-order valence-corrected chi connectivity index (χ1v) is 7.96. The van der Waals surface area contributed by atoms with Gasteiger partial charge in [-0.05, 0) is 39.7 Å². The van der Waals surface area contributed by atoms with Crippen LogP contribution in [-0.4, -0.2) is 50.9 Å². The van der Waals surface area contributed by atoms with E-state index in [2.05, 4.69) is 4.90 Å². The summed E-state index contributed by atoms with van der Waals surface area (Å²) in [4.78, 5) is 2.22. The fourth-order valence-electron chi connectivity index (χ4n) is 2.23. The van der Waals surface area contributed by atoms with Crippen molar-refractivity contribution in [3.8, 4) is 0 Å². The Kier molecular flexibility index (Phi) is 5.85. The number of nitrogens with two attached hydrogens (primary N) is 1. The highest BCUT2D eigenvalue weighted by Gasteiger charge is 2.27. The summed E-state index contributed by atoms with van der Waals surface area (Å²) in [6, 6.07) is 0.101. The van der Waals surface area contributed by atoms with Crippen LogP contribution in [-0.2, 0) is 14.8 Å². The van der Waals surface area contributed by atoms with Gasteiger partial charge in [0.25, 0.3) is 0 Å². The van der Waals surface area contributed by atoms with Gasteiger partial charge in [-0.2, -0.15) is 0 Å². The first kappa shape index (κ1) is 14.9. The van der Waals surface area contributed by atoms with E-state index in [1.165, 1.54) is 0 Å². The van der Waals surface area contributed by atoms with E-state index in [9.17, 15) is 8.42 Å². The number of likely N-dealkylation sites (tertiary alicyclic amines) is 1. The van der Waals surface area contributed by atoms with Crippen molar-refractivity contribution < 1.29 is 13.2 Å². The molecule has 0 aromatic heterocycles. The van der Waals surface area contributed by atoms with E-state index >= 15 is 0 Å². The van der Waals surface area contributed by atoms with Crippen molar-refractivity contribution in [1.29, 1.82) is 0 Å². The lowest BCUT2D eigenvalue weighted by Crippen LogP contribution is -2.38. The third-order valence-corrected chi connectivity index (χ3v) is 3.81. The minimum absolute atomic E-state index is 0.0814. The van der Waals surface area contributed by atoms with Crippen molar-refractivity contribution in [2.24, 2.45) is 5.14 Å². The van der Waals surface area contributed by atoms with E-state index in [-0.39, 0.29) is 17.9 Å². The van der Waals surface area contributed by atoms with Gasteiger partial charge in [0, 0.05) is 19.2 Å². The van der Waals surface area contributed by atoms with E-state index in [0.29, 0.717) is 0 Å². The Balaban J connectivity index is 2.27. The van der Waals surface area contributed by atoms with Gasteiger partial charge in [0.1, 0.15) is 0 Å². The van der Waals surface area contributed by atoms with Crippen LogP contribution in [0.25, 0.3) is 0 Å². The fourth-order valence-corrected chi connectivity index (χ4v) is 3.15. The van der Waals surface area contributed by atoms with Crippen LogP contribution in [0.4, 0.5) is 0 Å². The zero-order chi connectivity index (χ0) is 12.9. The summed E-state index contributed by atoms with van der Waals surface area (Å²) in [5, 5.41) is 5.09. The maximum Gasteiger partial charge on any atom is 0.210 e. The van der Waals surface area contributed by atoms with Crippen LogP contribution >= 0.6 is 0 Å². The van der Waals surface area contributed by atoms with Gasteiger partial charge in [-0.15, -0.1) is 0 Å². The lowest BCUT2D eigenvalue weighted by molar-refractivity contribution is 0.0702. The van der Waals surface area contributed by atoms with Crippen LogP contribution in [0.3, 0.4) is 0 Å². The summed E-state index contributed by atoms with van der Waals surface area (Å²) < 4.78 is 27.6. The predicted molar refractivity (Wildman–Crippen MR) is 68.3 cm³/mol. The van der Waals surface area contributed by atoms with Crippen LogP contribution in [0, 0.1) is 0 Å². The molecular formula is C11H24N2O3S. The van der Waals surface area contributed by atoms with Crippen molar-refractivity contribution in [2.45, 2.75) is 45.3 Å². The molecule has 0 saturated carbocycles. The maximum atomic E-state index is 11.1. The molecule has 6 heteroatoms. The largest absolute Gasteiger partial charge is 0.379 e. The molecule has 1 rings (SSSR count). The zero-order valence-electron chi connectivity index (χ0n) is 10.8. The summed E-state index contributed by atoms with van der Waals surface area (Å²) >= 11 is 0. The molecule has 1 aliphatic heterocycles.